The number of piperazine rings is 1. The molecule has 0 amide bonds. The van der Waals surface area contributed by atoms with Gasteiger partial charge in [-0.05, 0) is 23.3 Å². The van der Waals surface area contributed by atoms with Gasteiger partial charge in [0.1, 0.15) is 11.6 Å². The minimum Gasteiger partial charge on any atom is -0.355 e. The number of benzene rings is 2. The Balaban J connectivity index is 1.43. The van der Waals surface area contributed by atoms with Gasteiger partial charge < -0.3 is 4.90 Å². The fraction of sp³-hybridized carbons (Fsp3) is 0.273. The normalized spacial score (nSPS) is 14.9. The van der Waals surface area contributed by atoms with E-state index in [1.165, 1.54) is 23.8 Å². The van der Waals surface area contributed by atoms with Gasteiger partial charge in [-0.15, -0.1) is 0 Å². The smallest absolute Gasteiger partial charge is 0.330 e. The third-order valence-corrected chi connectivity index (χ3v) is 5.22. The number of nitrogens with zero attached hydrogens (tertiary/aromatic N) is 3. The fourth-order valence-corrected chi connectivity index (χ4v) is 3.59. The summed E-state index contributed by atoms with van der Waals surface area (Å²) in [5.41, 5.74) is 1.15. The fourth-order valence-electron chi connectivity index (χ4n) is 3.59. The first-order valence-electron chi connectivity index (χ1n) is 9.68. The largest absolute Gasteiger partial charge is 0.355 e. The molecule has 0 aliphatic carbocycles. The highest BCUT2D eigenvalue weighted by atomic mass is 19.1. The predicted octanol–water partition coefficient (Wildman–Crippen LogP) is 2.05. The lowest BCUT2D eigenvalue weighted by molar-refractivity contribution is 0.249. The highest BCUT2D eigenvalue weighted by molar-refractivity contribution is 5.37. The van der Waals surface area contributed by atoms with Crippen LogP contribution in [0.3, 0.4) is 0 Å². The molecular weight excluding hydrogens is 371 g/mol. The summed E-state index contributed by atoms with van der Waals surface area (Å²) in [6, 6.07) is 17.6. The number of hydrogen-bond acceptors (Lipinski definition) is 4. The lowest BCUT2D eigenvalue weighted by Gasteiger charge is -2.35. The summed E-state index contributed by atoms with van der Waals surface area (Å²) in [4.78, 5) is 32.2. The summed E-state index contributed by atoms with van der Waals surface area (Å²) in [6.45, 7) is 4.20. The van der Waals surface area contributed by atoms with E-state index in [4.69, 9.17) is 0 Å². The molecule has 1 N–H and O–H groups in total. The summed E-state index contributed by atoms with van der Waals surface area (Å²) in [7, 11) is 0. The molecule has 0 unspecified atom stereocenters. The highest BCUT2D eigenvalue weighted by Gasteiger charge is 2.19. The lowest BCUT2D eigenvalue weighted by atomic mass is 10.2. The van der Waals surface area contributed by atoms with Gasteiger partial charge in [-0.3, -0.25) is 19.2 Å². The Morgan fingerprint density at radius 3 is 2.14 bits per heavy atom. The van der Waals surface area contributed by atoms with Crippen molar-refractivity contribution in [2.24, 2.45) is 0 Å². The van der Waals surface area contributed by atoms with Crippen LogP contribution in [-0.2, 0) is 13.1 Å². The highest BCUT2D eigenvalue weighted by Crippen LogP contribution is 2.13. The quantitative estimate of drug-likeness (QED) is 0.720. The maximum atomic E-state index is 13.0. The van der Waals surface area contributed by atoms with Gasteiger partial charge in [-0.2, -0.15) is 0 Å². The van der Waals surface area contributed by atoms with E-state index in [0.29, 0.717) is 11.4 Å². The van der Waals surface area contributed by atoms with Crippen LogP contribution >= 0.6 is 0 Å². The molecule has 29 heavy (non-hydrogen) atoms. The molecule has 1 saturated heterocycles. The van der Waals surface area contributed by atoms with Crippen LogP contribution in [0.4, 0.5) is 10.2 Å². The zero-order chi connectivity index (χ0) is 20.2. The lowest BCUT2D eigenvalue weighted by Crippen LogP contribution is -2.47. The number of aromatic amines is 1. The molecule has 4 rings (SSSR count). The average molecular weight is 394 g/mol. The Hall–Kier alpha value is -3.19. The van der Waals surface area contributed by atoms with Crippen LogP contribution in [0.25, 0.3) is 0 Å². The molecule has 150 valence electrons. The zero-order valence-corrected chi connectivity index (χ0v) is 16.1. The first kappa shape index (κ1) is 19.1. The van der Waals surface area contributed by atoms with E-state index in [9.17, 15) is 14.0 Å². The maximum Gasteiger partial charge on any atom is 0.330 e. The van der Waals surface area contributed by atoms with Crippen molar-refractivity contribution in [3.05, 3.63) is 98.4 Å². The monoisotopic (exact) mass is 394 g/mol. The first-order chi connectivity index (χ1) is 14.1. The summed E-state index contributed by atoms with van der Waals surface area (Å²) < 4.78 is 14.2. The molecule has 1 aromatic heterocycles. The van der Waals surface area contributed by atoms with Crippen molar-refractivity contribution in [1.29, 1.82) is 0 Å². The van der Waals surface area contributed by atoms with E-state index in [-0.39, 0.29) is 17.9 Å². The van der Waals surface area contributed by atoms with Crippen molar-refractivity contribution in [2.75, 3.05) is 31.1 Å². The van der Waals surface area contributed by atoms with Crippen LogP contribution in [0, 0.1) is 5.82 Å². The molecule has 1 aliphatic rings. The number of rotatable bonds is 5. The van der Waals surface area contributed by atoms with Crippen molar-refractivity contribution in [3.63, 3.8) is 0 Å². The summed E-state index contributed by atoms with van der Waals surface area (Å²) in [5, 5.41) is 0. The number of nitrogens with one attached hydrogen (secondary N) is 1. The molecule has 0 spiro atoms. The molecule has 0 bridgehead atoms. The first-order valence-corrected chi connectivity index (χ1v) is 9.68. The molecule has 0 radical (unpaired) electrons. The van der Waals surface area contributed by atoms with Gasteiger partial charge >= 0.3 is 5.69 Å². The van der Waals surface area contributed by atoms with Crippen LogP contribution in [0.2, 0.25) is 0 Å². The van der Waals surface area contributed by atoms with Crippen molar-refractivity contribution in [1.82, 2.24) is 14.5 Å². The number of aromatic nitrogens is 2. The van der Waals surface area contributed by atoms with Gasteiger partial charge in [0.25, 0.3) is 5.56 Å². The SMILES string of the molecule is O=c1cc(N2CCN(Cc3ccccc3)CC2)[nH]c(=O)n1Cc1ccc(F)cc1. The second kappa shape index (κ2) is 8.45. The number of hydrogen-bond donors (Lipinski definition) is 1. The van der Waals surface area contributed by atoms with E-state index < -0.39 is 5.69 Å². The van der Waals surface area contributed by atoms with E-state index in [0.717, 1.165) is 37.3 Å². The van der Waals surface area contributed by atoms with Crippen molar-refractivity contribution < 1.29 is 4.39 Å². The van der Waals surface area contributed by atoms with Gasteiger partial charge in [0.2, 0.25) is 0 Å². The van der Waals surface area contributed by atoms with Crippen LogP contribution in [0.15, 0.2) is 70.3 Å². The molecule has 1 aliphatic heterocycles. The second-order valence-electron chi connectivity index (χ2n) is 7.26. The molecule has 1 fully saturated rings. The Kier molecular flexibility index (Phi) is 5.57. The molecule has 7 heteroatoms. The zero-order valence-electron chi connectivity index (χ0n) is 16.1. The Bertz CT molecular complexity index is 1040. The van der Waals surface area contributed by atoms with E-state index >= 15 is 0 Å². The average Bonchev–Trinajstić information content (AvgIpc) is 2.73. The second-order valence-corrected chi connectivity index (χ2v) is 7.26. The molecular formula is C22H23FN4O2. The number of H-pyrrole nitrogens is 1. The van der Waals surface area contributed by atoms with Crippen molar-refractivity contribution in [3.8, 4) is 0 Å². The minimum atomic E-state index is -0.455. The van der Waals surface area contributed by atoms with Gasteiger partial charge in [0.05, 0.1) is 6.54 Å². The molecule has 2 aromatic carbocycles. The van der Waals surface area contributed by atoms with E-state index in [2.05, 4.69) is 22.0 Å². The standard InChI is InChI=1S/C22H23FN4O2/c23-19-8-6-18(7-9-19)16-27-21(28)14-20(24-22(27)29)26-12-10-25(11-13-26)15-17-4-2-1-3-5-17/h1-9,14H,10-13,15-16H2,(H,24,29). The Morgan fingerprint density at radius 1 is 0.828 bits per heavy atom. The van der Waals surface area contributed by atoms with Crippen LogP contribution in [0.5, 0.6) is 0 Å². The minimum absolute atomic E-state index is 0.111. The van der Waals surface area contributed by atoms with Crippen molar-refractivity contribution >= 4 is 5.82 Å². The van der Waals surface area contributed by atoms with Gasteiger partial charge in [-0.25, -0.2) is 9.18 Å². The summed E-state index contributed by atoms with van der Waals surface area (Å²) in [5.74, 6) is 0.200. The van der Waals surface area contributed by atoms with Crippen LogP contribution in [0.1, 0.15) is 11.1 Å². The number of anilines is 1. The maximum absolute atomic E-state index is 13.0. The Morgan fingerprint density at radius 2 is 1.48 bits per heavy atom. The third-order valence-electron chi connectivity index (χ3n) is 5.22. The molecule has 0 atom stereocenters. The van der Waals surface area contributed by atoms with Gasteiger partial charge in [-0.1, -0.05) is 42.5 Å². The number of halogens is 1. The molecule has 0 saturated carbocycles. The Labute approximate surface area is 167 Å². The van der Waals surface area contributed by atoms with E-state index in [1.807, 2.05) is 23.1 Å². The topological polar surface area (TPSA) is 61.3 Å². The third kappa shape index (κ3) is 4.63. The van der Waals surface area contributed by atoms with Gasteiger partial charge in [0.15, 0.2) is 0 Å². The van der Waals surface area contributed by atoms with Crippen LogP contribution < -0.4 is 16.1 Å². The van der Waals surface area contributed by atoms with Crippen molar-refractivity contribution in [2.45, 2.75) is 13.1 Å². The molecule has 2 heterocycles. The summed E-state index contributed by atoms with van der Waals surface area (Å²) >= 11 is 0. The van der Waals surface area contributed by atoms with Gasteiger partial charge in [0, 0.05) is 38.8 Å². The predicted molar refractivity (Wildman–Crippen MR) is 111 cm³/mol. The molecule has 6 nitrogen and oxygen atoms in total. The van der Waals surface area contributed by atoms with E-state index in [1.54, 1.807) is 12.1 Å². The summed E-state index contributed by atoms with van der Waals surface area (Å²) in [6.07, 6.45) is 0. The van der Waals surface area contributed by atoms with Crippen LogP contribution in [-0.4, -0.2) is 40.6 Å². The molecule has 3 aromatic rings.